The zero-order valence-electron chi connectivity index (χ0n) is 13.1. The van der Waals surface area contributed by atoms with Crippen LogP contribution in [-0.2, 0) is 0 Å². The Labute approximate surface area is 132 Å². The average molecular weight is 297 g/mol. The van der Waals surface area contributed by atoms with Crippen molar-refractivity contribution in [1.29, 1.82) is 0 Å². The van der Waals surface area contributed by atoms with Gasteiger partial charge < -0.3 is 14.4 Å². The van der Waals surface area contributed by atoms with Crippen LogP contribution in [0.5, 0.6) is 17.2 Å². The number of para-hydroxylation sites is 3. The molecule has 1 unspecified atom stereocenters. The molecule has 1 fully saturated rings. The van der Waals surface area contributed by atoms with E-state index >= 15 is 0 Å². The van der Waals surface area contributed by atoms with Gasteiger partial charge in [-0.3, -0.25) is 0 Å². The van der Waals surface area contributed by atoms with Gasteiger partial charge in [-0.15, -0.1) is 0 Å². The fourth-order valence-corrected chi connectivity index (χ4v) is 2.92. The molecule has 0 aliphatic carbocycles. The largest absolute Gasteiger partial charge is 0.490 e. The molecule has 0 radical (unpaired) electrons. The lowest BCUT2D eigenvalue weighted by Gasteiger charge is -2.19. The molecule has 3 heteroatoms. The lowest BCUT2D eigenvalue weighted by molar-refractivity contribution is 0.229. The molecule has 0 bridgehead atoms. The summed E-state index contributed by atoms with van der Waals surface area (Å²) in [5.74, 6) is 2.41. The van der Waals surface area contributed by atoms with Gasteiger partial charge in [-0.2, -0.15) is 0 Å². The van der Waals surface area contributed by atoms with Crippen LogP contribution in [0.3, 0.4) is 0 Å². The molecule has 0 amide bonds. The van der Waals surface area contributed by atoms with Crippen molar-refractivity contribution in [2.75, 3.05) is 20.2 Å². The monoisotopic (exact) mass is 297 g/mol. The lowest BCUT2D eigenvalue weighted by Crippen LogP contribution is -2.26. The molecule has 1 heterocycles. The average Bonchev–Trinajstić information content (AvgIpc) is 2.95. The highest BCUT2D eigenvalue weighted by molar-refractivity contribution is 5.42. The van der Waals surface area contributed by atoms with Crippen LogP contribution in [-0.4, -0.2) is 31.1 Å². The van der Waals surface area contributed by atoms with Gasteiger partial charge >= 0.3 is 0 Å². The Bertz CT molecular complexity index is 585. The van der Waals surface area contributed by atoms with E-state index in [1.165, 1.54) is 19.4 Å². The molecule has 1 aliphatic heterocycles. The minimum Gasteiger partial charge on any atom is -0.490 e. The minimum atomic E-state index is 0.655. The fourth-order valence-electron chi connectivity index (χ4n) is 2.92. The van der Waals surface area contributed by atoms with Crippen LogP contribution < -0.4 is 9.47 Å². The number of hydrogen-bond acceptors (Lipinski definition) is 3. The first kappa shape index (κ1) is 14.9. The molecular formula is C19H23NO2. The number of hydrogen-bond donors (Lipinski definition) is 0. The summed E-state index contributed by atoms with van der Waals surface area (Å²) in [5.41, 5.74) is 0. The van der Waals surface area contributed by atoms with E-state index in [0.717, 1.165) is 30.3 Å². The number of benzene rings is 2. The van der Waals surface area contributed by atoms with E-state index in [0.29, 0.717) is 6.04 Å². The molecule has 0 saturated carbocycles. The summed E-state index contributed by atoms with van der Waals surface area (Å²) in [6.07, 6.45) is 3.65. The maximum atomic E-state index is 5.97. The molecule has 0 aromatic heterocycles. The van der Waals surface area contributed by atoms with Crippen molar-refractivity contribution >= 4 is 0 Å². The second kappa shape index (κ2) is 7.32. The lowest BCUT2D eigenvalue weighted by atomic mass is 10.1. The van der Waals surface area contributed by atoms with Gasteiger partial charge in [-0.25, -0.2) is 0 Å². The zero-order chi connectivity index (χ0) is 15.2. The molecule has 1 aliphatic rings. The van der Waals surface area contributed by atoms with Gasteiger partial charge in [-0.1, -0.05) is 30.3 Å². The predicted octanol–water partition coefficient (Wildman–Crippen LogP) is 4.34. The predicted molar refractivity (Wildman–Crippen MR) is 88.7 cm³/mol. The topological polar surface area (TPSA) is 21.7 Å². The van der Waals surface area contributed by atoms with Crippen LogP contribution in [0.4, 0.5) is 0 Å². The Morgan fingerprint density at radius 1 is 1.00 bits per heavy atom. The van der Waals surface area contributed by atoms with Gasteiger partial charge in [0.2, 0.25) is 0 Å². The number of rotatable bonds is 6. The second-order valence-corrected chi connectivity index (χ2v) is 5.78. The van der Waals surface area contributed by atoms with Crippen molar-refractivity contribution in [2.45, 2.75) is 25.3 Å². The molecule has 3 nitrogen and oxygen atoms in total. The Kier molecular flexibility index (Phi) is 4.96. The fraction of sp³-hybridized carbons (Fsp3) is 0.368. The van der Waals surface area contributed by atoms with E-state index in [1.807, 2.05) is 54.6 Å². The SMILES string of the molecule is CN1CCCC1CCOc1ccccc1Oc1ccccc1. The normalized spacial score (nSPS) is 18.3. The summed E-state index contributed by atoms with van der Waals surface area (Å²) in [7, 11) is 2.20. The van der Waals surface area contributed by atoms with Gasteiger partial charge in [0, 0.05) is 6.04 Å². The van der Waals surface area contributed by atoms with Gasteiger partial charge in [0.15, 0.2) is 11.5 Å². The van der Waals surface area contributed by atoms with Gasteiger partial charge in [0.1, 0.15) is 5.75 Å². The first-order valence-electron chi connectivity index (χ1n) is 7.98. The highest BCUT2D eigenvalue weighted by Crippen LogP contribution is 2.31. The summed E-state index contributed by atoms with van der Waals surface area (Å²) in [5, 5.41) is 0. The highest BCUT2D eigenvalue weighted by atomic mass is 16.5. The summed E-state index contributed by atoms with van der Waals surface area (Å²) in [4.78, 5) is 2.43. The number of ether oxygens (including phenoxy) is 2. The minimum absolute atomic E-state index is 0.655. The van der Waals surface area contributed by atoms with Gasteiger partial charge in [0.25, 0.3) is 0 Å². The first-order chi connectivity index (χ1) is 10.8. The van der Waals surface area contributed by atoms with Crippen LogP contribution in [0, 0.1) is 0 Å². The van der Waals surface area contributed by atoms with Crippen molar-refractivity contribution < 1.29 is 9.47 Å². The third-order valence-electron chi connectivity index (χ3n) is 4.20. The summed E-state index contributed by atoms with van der Waals surface area (Å²) >= 11 is 0. The standard InChI is InChI=1S/C19H23NO2/c1-20-14-7-8-16(20)13-15-21-18-11-5-6-12-19(18)22-17-9-3-2-4-10-17/h2-6,9-12,16H,7-8,13-15H2,1H3. The van der Waals surface area contributed by atoms with Gasteiger partial charge in [0.05, 0.1) is 6.61 Å². The molecule has 0 N–H and O–H groups in total. The first-order valence-corrected chi connectivity index (χ1v) is 7.98. The molecule has 3 rings (SSSR count). The van der Waals surface area contributed by atoms with Crippen molar-refractivity contribution in [3.8, 4) is 17.2 Å². The molecule has 1 saturated heterocycles. The maximum absolute atomic E-state index is 5.97. The molecular weight excluding hydrogens is 274 g/mol. The zero-order valence-corrected chi connectivity index (χ0v) is 13.1. The van der Waals surface area contributed by atoms with Gasteiger partial charge in [-0.05, 0) is 57.1 Å². The van der Waals surface area contributed by atoms with Crippen molar-refractivity contribution in [2.24, 2.45) is 0 Å². The Morgan fingerprint density at radius 3 is 2.45 bits per heavy atom. The molecule has 1 atom stereocenters. The molecule has 2 aromatic carbocycles. The van der Waals surface area contributed by atoms with E-state index in [-0.39, 0.29) is 0 Å². The summed E-state index contributed by atoms with van der Waals surface area (Å²) in [6.45, 7) is 1.93. The van der Waals surface area contributed by atoms with Crippen LogP contribution in [0.15, 0.2) is 54.6 Å². The third-order valence-corrected chi connectivity index (χ3v) is 4.20. The highest BCUT2D eigenvalue weighted by Gasteiger charge is 2.20. The van der Waals surface area contributed by atoms with Crippen LogP contribution >= 0.6 is 0 Å². The maximum Gasteiger partial charge on any atom is 0.169 e. The van der Waals surface area contributed by atoms with Crippen molar-refractivity contribution in [3.63, 3.8) is 0 Å². The smallest absolute Gasteiger partial charge is 0.169 e. The molecule has 22 heavy (non-hydrogen) atoms. The van der Waals surface area contributed by atoms with E-state index in [1.54, 1.807) is 0 Å². The van der Waals surface area contributed by atoms with Crippen molar-refractivity contribution in [3.05, 3.63) is 54.6 Å². The van der Waals surface area contributed by atoms with E-state index in [4.69, 9.17) is 9.47 Å². The number of nitrogens with zero attached hydrogens (tertiary/aromatic N) is 1. The van der Waals surface area contributed by atoms with Crippen LogP contribution in [0.25, 0.3) is 0 Å². The van der Waals surface area contributed by atoms with E-state index < -0.39 is 0 Å². The molecule has 2 aromatic rings. The van der Waals surface area contributed by atoms with Crippen molar-refractivity contribution in [1.82, 2.24) is 4.90 Å². The summed E-state index contributed by atoms with van der Waals surface area (Å²) in [6, 6.07) is 18.3. The van der Waals surface area contributed by atoms with Crippen LogP contribution in [0.2, 0.25) is 0 Å². The Morgan fingerprint density at radius 2 is 1.73 bits per heavy atom. The van der Waals surface area contributed by atoms with E-state index in [9.17, 15) is 0 Å². The Hall–Kier alpha value is -2.00. The van der Waals surface area contributed by atoms with Crippen LogP contribution in [0.1, 0.15) is 19.3 Å². The quantitative estimate of drug-likeness (QED) is 0.791. The molecule has 116 valence electrons. The second-order valence-electron chi connectivity index (χ2n) is 5.78. The Balaban J connectivity index is 1.59. The number of likely N-dealkylation sites (tertiary alicyclic amines) is 1. The molecule has 0 spiro atoms. The third kappa shape index (κ3) is 3.80. The van der Waals surface area contributed by atoms with E-state index in [2.05, 4.69) is 11.9 Å². The summed E-state index contributed by atoms with van der Waals surface area (Å²) < 4.78 is 11.9.